The zero-order chi connectivity index (χ0) is 101. The predicted octanol–water partition coefficient (Wildman–Crippen LogP) is 26.3. The number of fused-ring (bicyclic) bond motifs is 8. The van der Waals surface area contributed by atoms with E-state index in [1.165, 1.54) is 36.4 Å². The molecule has 1 saturated carbocycles. The molecule has 0 spiro atoms. The van der Waals surface area contributed by atoms with Crippen molar-refractivity contribution in [3.8, 4) is 135 Å². The topological polar surface area (TPSA) is 385 Å². The first-order chi connectivity index (χ1) is 72.1. The minimum atomic E-state index is -0.272. The number of rotatable bonds is 22. The molecule has 11 N–H and O–H groups in total. The summed E-state index contributed by atoms with van der Waals surface area (Å²) in [5.41, 5.74) is 29.3. The number of carbonyl (C=O) groups excluding carboxylic acids is 4. The summed E-state index contributed by atoms with van der Waals surface area (Å²) in [4.78, 5) is 97.7. The monoisotopic (exact) mass is 1960 g/mol. The van der Waals surface area contributed by atoms with Crippen molar-refractivity contribution >= 4 is 128 Å². The van der Waals surface area contributed by atoms with Gasteiger partial charge in [-0.1, -0.05) is 138 Å². The van der Waals surface area contributed by atoms with E-state index in [4.69, 9.17) is 0 Å². The maximum atomic E-state index is 13.9. The van der Waals surface area contributed by atoms with Crippen LogP contribution in [0.2, 0.25) is 0 Å². The van der Waals surface area contributed by atoms with Crippen molar-refractivity contribution in [3.05, 3.63) is 346 Å². The fourth-order valence-corrected chi connectivity index (χ4v) is 18.3. The van der Waals surface area contributed by atoms with E-state index in [9.17, 15) is 36.7 Å². The first kappa shape index (κ1) is 93.7. The van der Waals surface area contributed by atoms with Gasteiger partial charge in [0.15, 0.2) is 22.6 Å². The van der Waals surface area contributed by atoms with Crippen LogP contribution in [-0.2, 0) is 25.6 Å². The normalized spacial score (nSPS) is 11.9. The Morgan fingerprint density at radius 1 is 0.324 bits per heavy atom. The number of H-pyrrole nitrogens is 8. The molecule has 726 valence electrons. The highest BCUT2D eigenvalue weighted by atomic mass is 19.1. The molecule has 0 bridgehead atoms. The smallest absolute Gasteiger partial charge is 0.227 e. The van der Waals surface area contributed by atoms with Crippen LogP contribution in [0.4, 0.5) is 34.6 Å². The van der Waals surface area contributed by atoms with Crippen LogP contribution in [0, 0.1) is 41.0 Å². The first-order valence-corrected chi connectivity index (χ1v) is 48.3. The maximum Gasteiger partial charge on any atom is 0.227 e. The lowest BCUT2D eigenvalue weighted by Gasteiger charge is -2.09. The largest absolute Gasteiger partial charge is 0.353 e. The van der Waals surface area contributed by atoms with Gasteiger partial charge in [-0.3, -0.25) is 59.5 Å². The van der Waals surface area contributed by atoms with Crippen molar-refractivity contribution in [2.45, 2.75) is 66.7 Å². The Kier molecular flexibility index (Phi) is 25.5. The fourth-order valence-electron chi connectivity index (χ4n) is 18.3. The molecule has 31 heteroatoms. The quantitative estimate of drug-likeness (QED) is 0.0281. The summed E-state index contributed by atoms with van der Waals surface area (Å²) in [7, 11) is 0. The summed E-state index contributed by atoms with van der Waals surface area (Å²) in [6, 6.07) is 75.9. The second kappa shape index (κ2) is 40.3. The number of hydrogen-bond acceptors (Lipinski definition) is 16. The summed E-state index contributed by atoms with van der Waals surface area (Å²) in [5.74, 6) is -0.722. The van der Waals surface area contributed by atoms with Crippen molar-refractivity contribution in [2.24, 2.45) is 17.8 Å². The Balaban J connectivity index is 0.000000112. The lowest BCUT2D eigenvalue weighted by Crippen LogP contribution is -2.17. The van der Waals surface area contributed by atoms with Gasteiger partial charge in [-0.05, 0) is 209 Å². The average Bonchev–Trinajstić information content (AvgIpc) is 1.62. The molecule has 1 aliphatic rings. The van der Waals surface area contributed by atoms with Gasteiger partial charge in [0.25, 0.3) is 0 Å². The predicted molar refractivity (Wildman–Crippen MR) is 571 cm³/mol. The van der Waals surface area contributed by atoms with Crippen molar-refractivity contribution in [2.75, 3.05) is 16.0 Å². The van der Waals surface area contributed by atoms with Crippen LogP contribution in [0.3, 0.4) is 0 Å². The van der Waals surface area contributed by atoms with Crippen LogP contribution >= 0.6 is 0 Å². The molecule has 0 saturated heterocycles. The number of ketones is 1. The van der Waals surface area contributed by atoms with Crippen LogP contribution in [0.5, 0.6) is 0 Å². The number of benzene rings is 8. The number of nitrogens with zero attached hydrogens (tertiary/aromatic N) is 12. The third-order valence-corrected chi connectivity index (χ3v) is 25.9. The van der Waals surface area contributed by atoms with E-state index >= 15 is 0 Å². The summed E-state index contributed by atoms with van der Waals surface area (Å²) >= 11 is 0. The standard InChI is InChI=1S/C30H25FN6O.C29H21FN6O.C29H23FN6O.C29H22FN5O/c1-17(2)9-28(38)34-22-11-19(14-32-16-22)20-12-25-29(36-37-30(25)33-15-20)27-13-24-23(7-4-8-26(24)35-27)18-5-3-6-21(31)10-18;30-20-4-1-3-17(9-20)22-5-2-6-25-23(22)12-26(34-25)27-24-11-19(14-32-28(24)36-35-27)18-10-21(15-31-13-18)33-29(37)16-7-8-16;1-16(2)29(37)33-21-10-18(13-31-15-21)19-11-24-27(35-36-28(24)32-14-19)26-12-23-22(7-4-8-25(23)34-26)17-5-3-6-20(30)9-17;1-2-22(36)13-21-10-9-18(15-31-21)19-12-25-28(34-35-29(25)32-16-19)27-14-24-23(7-4-8-26(24)33-27)17-5-3-6-20(30)11-17/h3-8,10-17,35H,9H2,1-2H3,(H,34,38)(H,33,36,37);1-6,9-16,34H,7-8H2,(H,33,37)(H,32,35,36);3-16,34H,1-2H3,(H,33,37)(H,32,35,36);3-12,14-16,33H,2,13H2,1H3,(H,32,34,35). The zero-order valence-corrected chi connectivity index (χ0v) is 80.3. The Morgan fingerprint density at radius 2 is 0.642 bits per heavy atom. The van der Waals surface area contributed by atoms with E-state index in [-0.39, 0.29) is 64.5 Å². The molecule has 1 aliphatic carbocycles. The third-order valence-electron chi connectivity index (χ3n) is 25.9. The highest BCUT2D eigenvalue weighted by Crippen LogP contribution is 2.43. The number of hydrogen-bond donors (Lipinski definition) is 11. The lowest BCUT2D eigenvalue weighted by molar-refractivity contribution is -0.119. The molecule has 16 heterocycles. The minimum absolute atomic E-state index is 0.0407. The number of carbonyl (C=O) groups is 4. The molecule has 8 aromatic carbocycles. The SMILES string of the molecule is CC(C)C(=O)Nc1cncc(-c2cnc3n[nH]c(-c4cc5c(-c6cccc(F)c6)cccc5[nH]4)c3c2)c1.CC(C)CC(=O)Nc1cncc(-c2cnc3n[nH]c(-c4cc5c(-c6cccc(F)c6)cccc5[nH]4)c3c2)c1.CCC(=O)Cc1ccc(-c2cnc3n[nH]c(-c4cc5c(-c6cccc(F)c6)cccc5[nH]4)c3c2)cn1.O=C(Nc1cncc(-c2cnc3n[nH]c(-c4cc5c(-c6cccc(F)c6)cccc5[nH]4)c3c2)c1)C1CC1. The zero-order valence-electron chi connectivity index (χ0n) is 80.3. The van der Waals surface area contributed by atoms with Crippen LogP contribution < -0.4 is 16.0 Å². The van der Waals surface area contributed by atoms with Gasteiger partial charge in [-0.15, -0.1) is 0 Å². The lowest BCUT2D eigenvalue weighted by atomic mass is 10.0. The van der Waals surface area contributed by atoms with Crippen LogP contribution in [-0.4, -0.2) is 124 Å². The van der Waals surface area contributed by atoms with E-state index in [1.54, 1.807) is 105 Å². The summed E-state index contributed by atoms with van der Waals surface area (Å²) < 4.78 is 55.6. The first-order valence-electron chi connectivity index (χ1n) is 48.3. The average molecular weight is 1960 g/mol. The number of anilines is 3. The van der Waals surface area contributed by atoms with E-state index in [2.05, 4.69) is 123 Å². The Bertz CT molecular complexity index is 8990. The molecule has 1 fully saturated rings. The molecule has 3 amide bonds. The molecule has 16 aromatic heterocycles. The number of aromatic nitrogens is 20. The molecule has 0 aliphatic heterocycles. The van der Waals surface area contributed by atoms with Crippen molar-refractivity contribution < 1.29 is 36.7 Å². The highest BCUT2D eigenvalue weighted by molar-refractivity contribution is 6.07. The number of pyridine rings is 8. The number of halogens is 4. The van der Waals surface area contributed by atoms with Gasteiger partial charge in [0.05, 0.1) is 81.2 Å². The number of Topliss-reactive ketones (excluding diaryl/α,β-unsaturated/α-hetero) is 1. The summed E-state index contributed by atoms with van der Waals surface area (Å²) in [6.45, 7) is 9.56. The van der Waals surface area contributed by atoms with Crippen molar-refractivity contribution in [1.82, 2.24) is 101 Å². The van der Waals surface area contributed by atoms with Gasteiger partial charge in [-0.2, -0.15) is 20.4 Å². The minimum Gasteiger partial charge on any atom is -0.353 e. The molecule has 0 unspecified atom stereocenters. The van der Waals surface area contributed by atoms with Crippen LogP contribution in [0.25, 0.3) is 222 Å². The van der Waals surface area contributed by atoms with Crippen molar-refractivity contribution in [3.63, 3.8) is 0 Å². The van der Waals surface area contributed by atoms with E-state index in [0.717, 1.165) is 218 Å². The molecule has 148 heavy (non-hydrogen) atoms. The van der Waals surface area contributed by atoms with Gasteiger partial charge >= 0.3 is 0 Å². The molecule has 27 nitrogen and oxygen atoms in total. The Labute approximate surface area is 841 Å². The molecule has 0 radical (unpaired) electrons. The maximum absolute atomic E-state index is 13.9. The molecule has 24 aromatic rings. The van der Waals surface area contributed by atoms with Gasteiger partial charge in [0.1, 0.15) is 29.1 Å². The fraction of sp³-hybridized carbons (Fsp3) is 0.111. The summed E-state index contributed by atoms with van der Waals surface area (Å²) in [6.07, 6.45) is 22.1. The van der Waals surface area contributed by atoms with Crippen LogP contribution in [0.15, 0.2) is 317 Å². The summed E-state index contributed by atoms with van der Waals surface area (Å²) in [5, 5.41) is 46.1. The van der Waals surface area contributed by atoms with E-state index in [0.29, 0.717) is 58.9 Å². The molecular formula is C117H91F4N23O4. The Morgan fingerprint density at radius 3 is 0.953 bits per heavy atom. The highest BCUT2D eigenvalue weighted by Gasteiger charge is 2.30. The van der Waals surface area contributed by atoms with E-state index in [1.807, 2.05) is 204 Å². The molecular weight excluding hydrogens is 1870 g/mol. The number of nitrogens with one attached hydrogen (secondary N) is 11. The van der Waals surface area contributed by atoms with Gasteiger partial charge in [0, 0.05) is 196 Å². The number of aromatic amines is 8. The van der Waals surface area contributed by atoms with Crippen molar-refractivity contribution in [1.29, 1.82) is 0 Å². The van der Waals surface area contributed by atoms with Gasteiger partial charge < -0.3 is 35.9 Å². The van der Waals surface area contributed by atoms with Gasteiger partial charge in [-0.25, -0.2) is 37.5 Å². The molecule has 25 rings (SSSR count). The number of amides is 3. The third kappa shape index (κ3) is 19.9. The molecule has 0 atom stereocenters. The van der Waals surface area contributed by atoms with Gasteiger partial charge in [0.2, 0.25) is 17.7 Å². The van der Waals surface area contributed by atoms with Crippen LogP contribution in [0.1, 0.15) is 66.0 Å². The van der Waals surface area contributed by atoms with E-state index < -0.39 is 0 Å². The second-order valence-corrected chi connectivity index (χ2v) is 37.2. The Hall–Kier alpha value is -19.2. The second-order valence-electron chi connectivity index (χ2n) is 37.2.